The zero-order chi connectivity index (χ0) is 23.3. The summed E-state index contributed by atoms with van der Waals surface area (Å²) in [7, 11) is 0. The number of oxazole rings is 1. The maximum Gasteiger partial charge on any atom is 0.417 e. The van der Waals surface area contributed by atoms with Gasteiger partial charge in [0, 0.05) is 11.3 Å². The maximum atomic E-state index is 11.4. The van der Waals surface area contributed by atoms with Crippen molar-refractivity contribution in [1.29, 1.82) is 0 Å². The Morgan fingerprint density at radius 3 is 2.31 bits per heavy atom. The summed E-state index contributed by atoms with van der Waals surface area (Å²) < 4.78 is 16.6. The van der Waals surface area contributed by atoms with E-state index in [1.165, 1.54) is 11.8 Å². The number of alkyl halides is 1. The van der Waals surface area contributed by atoms with Gasteiger partial charge in [0.1, 0.15) is 17.4 Å². The Labute approximate surface area is 206 Å². The van der Waals surface area contributed by atoms with Gasteiger partial charge in [-0.25, -0.2) is 4.79 Å². The van der Waals surface area contributed by atoms with E-state index in [9.17, 15) is 4.79 Å². The van der Waals surface area contributed by atoms with Gasteiger partial charge in [0.05, 0.1) is 16.7 Å². The molecule has 0 atom stereocenters. The molecule has 0 saturated heterocycles. The molecule has 0 aliphatic rings. The number of ether oxygens (including phenoxy) is 2. The molecular weight excluding hydrogens is 493 g/mol. The fourth-order valence-electron chi connectivity index (χ4n) is 3.18. The number of aromatic nitrogens is 1. The number of halogens is 3. The molecule has 0 aliphatic heterocycles. The van der Waals surface area contributed by atoms with Crippen molar-refractivity contribution in [1.82, 2.24) is 4.98 Å². The first kappa shape index (κ1) is 24.9. The molecule has 0 aliphatic carbocycles. The molecule has 3 rings (SSSR count). The third-order valence-electron chi connectivity index (χ3n) is 5.08. The number of H-pyrrole nitrogens is 1. The number of rotatable bonds is 10. The van der Waals surface area contributed by atoms with Gasteiger partial charge in [0.25, 0.3) is 0 Å². The molecule has 0 fully saturated rings. The molecule has 3 aromatic rings. The molecule has 0 amide bonds. The van der Waals surface area contributed by atoms with E-state index in [0.717, 1.165) is 11.1 Å². The van der Waals surface area contributed by atoms with Gasteiger partial charge in [0.2, 0.25) is 0 Å². The van der Waals surface area contributed by atoms with E-state index in [2.05, 4.69) is 18.8 Å². The molecule has 0 spiro atoms. The maximum absolute atomic E-state index is 11.4. The number of thioether (sulfide) groups is 1. The molecule has 32 heavy (non-hydrogen) atoms. The third-order valence-corrected chi connectivity index (χ3v) is 6.65. The minimum Gasteiger partial charge on any atom is -0.490 e. The predicted octanol–water partition coefficient (Wildman–Crippen LogP) is 6.91. The van der Waals surface area contributed by atoms with Crippen LogP contribution in [-0.2, 0) is 12.0 Å². The van der Waals surface area contributed by atoms with Gasteiger partial charge in [-0.1, -0.05) is 49.2 Å². The van der Waals surface area contributed by atoms with Crippen molar-refractivity contribution in [3.8, 4) is 11.5 Å². The lowest BCUT2D eigenvalue weighted by Gasteiger charge is -2.27. The van der Waals surface area contributed by atoms with Crippen LogP contribution in [0.25, 0.3) is 0 Å². The molecule has 1 N–H and O–H groups in total. The molecule has 0 bridgehead atoms. The minimum atomic E-state index is -0.488. The second-order valence-electron chi connectivity index (χ2n) is 7.57. The van der Waals surface area contributed by atoms with Crippen LogP contribution < -0.4 is 15.2 Å². The van der Waals surface area contributed by atoms with Crippen LogP contribution >= 0.6 is 46.6 Å². The van der Waals surface area contributed by atoms with Crippen LogP contribution in [0.1, 0.15) is 37.2 Å². The molecule has 0 unspecified atom stereocenters. The van der Waals surface area contributed by atoms with Crippen molar-refractivity contribution in [2.45, 2.75) is 37.3 Å². The Kier molecular flexibility index (Phi) is 8.50. The first-order valence-electron chi connectivity index (χ1n) is 9.94. The van der Waals surface area contributed by atoms with Gasteiger partial charge < -0.3 is 13.9 Å². The summed E-state index contributed by atoms with van der Waals surface area (Å²) in [5.74, 6) is 1.64. The topological polar surface area (TPSA) is 64.5 Å². The number of hydrogen-bond donors (Lipinski definition) is 1. The monoisotopic (exact) mass is 515 g/mol. The van der Waals surface area contributed by atoms with Crippen LogP contribution in [0.5, 0.6) is 11.5 Å². The molecular formula is C23H24Cl3NO4S. The van der Waals surface area contributed by atoms with E-state index < -0.39 is 5.76 Å². The molecule has 0 radical (unpaired) electrons. The largest absolute Gasteiger partial charge is 0.490 e. The van der Waals surface area contributed by atoms with Crippen molar-refractivity contribution >= 4 is 46.6 Å². The summed E-state index contributed by atoms with van der Waals surface area (Å²) in [4.78, 5) is 14.0. The number of benzene rings is 2. The number of nitrogens with one attached hydrogen (secondary N) is 1. The normalized spacial score (nSPS) is 11.6. The van der Waals surface area contributed by atoms with Gasteiger partial charge in [-0.2, -0.15) is 0 Å². The molecule has 1 aromatic heterocycles. The van der Waals surface area contributed by atoms with E-state index in [1.807, 2.05) is 42.7 Å². The van der Waals surface area contributed by atoms with Crippen LogP contribution in [0.2, 0.25) is 10.0 Å². The second kappa shape index (κ2) is 10.9. The first-order chi connectivity index (χ1) is 15.3. The number of aromatic amines is 1. The van der Waals surface area contributed by atoms with Crippen molar-refractivity contribution < 1.29 is 13.9 Å². The second-order valence-corrected chi connectivity index (χ2v) is 9.58. The van der Waals surface area contributed by atoms with E-state index >= 15 is 0 Å². The summed E-state index contributed by atoms with van der Waals surface area (Å²) in [5, 5.41) is 1.59. The van der Waals surface area contributed by atoms with Gasteiger partial charge in [-0.05, 0) is 48.1 Å². The van der Waals surface area contributed by atoms with E-state index in [-0.39, 0.29) is 12.0 Å². The predicted molar refractivity (Wildman–Crippen MR) is 131 cm³/mol. The van der Waals surface area contributed by atoms with Crippen molar-refractivity contribution in [3.63, 3.8) is 0 Å². The zero-order valence-corrected chi connectivity index (χ0v) is 21.1. The lowest BCUT2D eigenvalue weighted by atomic mass is 9.78. The first-order valence-corrected chi connectivity index (χ1v) is 12.5. The highest BCUT2D eigenvalue weighted by Crippen LogP contribution is 2.40. The Hall–Kier alpha value is -1.73. The summed E-state index contributed by atoms with van der Waals surface area (Å²) in [6, 6.07) is 11.5. The van der Waals surface area contributed by atoms with Gasteiger partial charge in [-0.3, -0.25) is 4.98 Å². The summed E-state index contributed by atoms with van der Waals surface area (Å²) in [5.41, 5.74) is 1.66. The third kappa shape index (κ3) is 5.79. The molecule has 2 aromatic carbocycles. The standard InChI is InChI=1S/C23H24Cl3NO4S/c1-23(2,15-11-17(25)20(18(26)12-15)29-10-4-9-24)14-5-7-16(8-6-14)30-13-19-21(32-3)27-22(28)31-19/h5-8,11-12H,4,9-10,13H2,1-3H3,(H,27,28). The smallest absolute Gasteiger partial charge is 0.417 e. The molecule has 5 nitrogen and oxygen atoms in total. The highest BCUT2D eigenvalue weighted by molar-refractivity contribution is 7.98. The SMILES string of the molecule is CSc1[nH]c(=O)oc1COc1ccc(C(C)(C)c2cc(Cl)c(OCCCCl)c(Cl)c2)cc1. The average Bonchev–Trinajstić information content (AvgIpc) is 3.14. The molecule has 172 valence electrons. The fourth-order valence-corrected chi connectivity index (χ4v) is 4.40. The van der Waals surface area contributed by atoms with Gasteiger partial charge in [0.15, 0.2) is 11.5 Å². The van der Waals surface area contributed by atoms with Crippen LogP contribution in [0.4, 0.5) is 0 Å². The lowest BCUT2D eigenvalue weighted by molar-refractivity contribution is 0.262. The van der Waals surface area contributed by atoms with Crippen molar-refractivity contribution in [3.05, 3.63) is 73.9 Å². The minimum absolute atomic E-state index is 0.161. The van der Waals surface area contributed by atoms with E-state index in [1.54, 1.807) is 0 Å². The fraction of sp³-hybridized carbons (Fsp3) is 0.348. The van der Waals surface area contributed by atoms with Crippen LogP contribution in [-0.4, -0.2) is 23.7 Å². The van der Waals surface area contributed by atoms with Crippen LogP contribution in [0.15, 0.2) is 50.6 Å². The summed E-state index contributed by atoms with van der Waals surface area (Å²) in [6.45, 7) is 4.81. The Balaban J connectivity index is 1.75. The Morgan fingerprint density at radius 1 is 1.06 bits per heavy atom. The molecule has 0 saturated carbocycles. The van der Waals surface area contributed by atoms with Crippen molar-refractivity contribution in [2.75, 3.05) is 18.7 Å². The summed E-state index contributed by atoms with van der Waals surface area (Å²) >= 11 is 20.0. The number of hydrogen-bond acceptors (Lipinski definition) is 5. The Bertz CT molecular complexity index is 1090. The van der Waals surface area contributed by atoms with E-state index in [4.69, 9.17) is 48.7 Å². The average molecular weight is 517 g/mol. The highest BCUT2D eigenvalue weighted by Gasteiger charge is 2.25. The van der Waals surface area contributed by atoms with Gasteiger partial charge >= 0.3 is 5.76 Å². The zero-order valence-electron chi connectivity index (χ0n) is 18.0. The van der Waals surface area contributed by atoms with Crippen LogP contribution in [0, 0.1) is 0 Å². The molecule has 1 heterocycles. The van der Waals surface area contributed by atoms with Crippen LogP contribution in [0.3, 0.4) is 0 Å². The quantitative estimate of drug-likeness (QED) is 0.180. The molecule has 9 heteroatoms. The highest BCUT2D eigenvalue weighted by atomic mass is 35.5. The van der Waals surface area contributed by atoms with Gasteiger partial charge in [-0.15, -0.1) is 23.4 Å². The van der Waals surface area contributed by atoms with Crippen molar-refractivity contribution in [2.24, 2.45) is 0 Å². The Morgan fingerprint density at radius 2 is 1.72 bits per heavy atom. The lowest BCUT2D eigenvalue weighted by Crippen LogP contribution is -2.19. The summed E-state index contributed by atoms with van der Waals surface area (Å²) in [6.07, 6.45) is 2.57. The van der Waals surface area contributed by atoms with E-state index in [0.29, 0.717) is 51.2 Å².